The highest BCUT2D eigenvalue weighted by Gasteiger charge is 2.10. The second-order valence-corrected chi connectivity index (χ2v) is 3.75. The second kappa shape index (κ2) is 5.01. The Labute approximate surface area is 86.2 Å². The molecule has 1 aromatic carbocycles. The van der Waals surface area contributed by atoms with Crippen molar-refractivity contribution in [1.29, 1.82) is 0 Å². The Bertz CT molecular complexity index is 285. The highest BCUT2D eigenvalue weighted by molar-refractivity contribution is 5.29. The van der Waals surface area contributed by atoms with Gasteiger partial charge < -0.3 is 5.11 Å². The molecule has 0 spiro atoms. The normalized spacial score (nSPS) is 13.1. The van der Waals surface area contributed by atoms with Crippen LogP contribution in [-0.2, 0) is 0 Å². The number of hydrogen-bond acceptors (Lipinski definition) is 2. The Balaban J connectivity index is 2.73. The molecule has 1 atom stereocenters. The molecule has 2 heteroatoms. The first-order valence-electron chi connectivity index (χ1n) is 5.14. The molecule has 2 nitrogen and oxygen atoms in total. The lowest BCUT2D eigenvalue weighted by molar-refractivity contribution is 0.261. The van der Waals surface area contributed by atoms with E-state index >= 15 is 0 Å². The molecule has 1 rings (SSSR count). The lowest BCUT2D eigenvalue weighted by Gasteiger charge is -2.24. The number of benzene rings is 1. The maximum atomic E-state index is 9.36. The molecule has 0 saturated carbocycles. The van der Waals surface area contributed by atoms with Gasteiger partial charge in [-0.25, -0.2) is 0 Å². The number of hydrogen-bond donors (Lipinski definition) is 1. The molecule has 0 aliphatic heterocycles. The van der Waals surface area contributed by atoms with Crippen LogP contribution in [0, 0.1) is 0 Å². The van der Waals surface area contributed by atoms with Crippen molar-refractivity contribution in [3.8, 4) is 5.75 Å². The predicted octanol–water partition coefficient (Wildman–Crippen LogP) is 2.80. The molecule has 0 bridgehead atoms. The summed E-state index contributed by atoms with van der Waals surface area (Å²) in [5, 5.41) is 9.36. The molecule has 14 heavy (non-hydrogen) atoms. The average molecular weight is 193 g/mol. The van der Waals surface area contributed by atoms with Crippen LogP contribution in [0.25, 0.3) is 0 Å². The van der Waals surface area contributed by atoms with Crippen molar-refractivity contribution in [2.75, 3.05) is 13.6 Å². The lowest BCUT2D eigenvalue weighted by Crippen LogP contribution is -2.22. The average Bonchev–Trinajstić information content (AvgIpc) is 2.17. The Morgan fingerprint density at radius 3 is 2.71 bits per heavy atom. The van der Waals surface area contributed by atoms with E-state index in [1.54, 1.807) is 6.07 Å². The molecular weight excluding hydrogens is 174 g/mol. The molecule has 0 amide bonds. The maximum absolute atomic E-state index is 9.36. The third kappa shape index (κ3) is 2.74. The van der Waals surface area contributed by atoms with Gasteiger partial charge in [0.2, 0.25) is 0 Å². The van der Waals surface area contributed by atoms with Gasteiger partial charge in [0.25, 0.3) is 0 Å². The zero-order chi connectivity index (χ0) is 10.6. The number of phenolic OH excluding ortho intramolecular Hbond substituents is 1. The third-order valence-electron chi connectivity index (χ3n) is 2.59. The fraction of sp³-hybridized carbons (Fsp3) is 0.500. The van der Waals surface area contributed by atoms with E-state index in [0.29, 0.717) is 11.8 Å². The van der Waals surface area contributed by atoms with Gasteiger partial charge in [0.05, 0.1) is 0 Å². The fourth-order valence-electron chi connectivity index (χ4n) is 1.59. The van der Waals surface area contributed by atoms with Crippen LogP contribution in [0.5, 0.6) is 5.75 Å². The van der Waals surface area contributed by atoms with Crippen LogP contribution in [0.1, 0.15) is 31.9 Å². The molecule has 0 fully saturated rings. The predicted molar refractivity (Wildman–Crippen MR) is 59.4 cm³/mol. The van der Waals surface area contributed by atoms with Gasteiger partial charge in [0, 0.05) is 6.04 Å². The summed E-state index contributed by atoms with van der Waals surface area (Å²) in [5.74, 6) is 0.347. The quantitative estimate of drug-likeness (QED) is 0.794. The van der Waals surface area contributed by atoms with E-state index in [9.17, 15) is 5.11 Å². The van der Waals surface area contributed by atoms with Crippen LogP contribution in [-0.4, -0.2) is 23.6 Å². The van der Waals surface area contributed by atoms with Gasteiger partial charge in [0.1, 0.15) is 5.75 Å². The van der Waals surface area contributed by atoms with Crippen LogP contribution in [0.3, 0.4) is 0 Å². The van der Waals surface area contributed by atoms with Gasteiger partial charge in [-0.1, -0.05) is 19.1 Å². The molecule has 0 heterocycles. The Kier molecular flexibility index (Phi) is 3.96. The van der Waals surface area contributed by atoms with Crippen molar-refractivity contribution >= 4 is 0 Å². The van der Waals surface area contributed by atoms with Crippen LogP contribution in [0.4, 0.5) is 0 Å². The van der Waals surface area contributed by atoms with Crippen LogP contribution in [0.15, 0.2) is 24.3 Å². The minimum Gasteiger partial charge on any atom is -0.508 e. The summed E-state index contributed by atoms with van der Waals surface area (Å²) in [6.07, 6.45) is 1.15. The van der Waals surface area contributed by atoms with Gasteiger partial charge in [-0.2, -0.15) is 0 Å². The monoisotopic (exact) mass is 193 g/mol. The molecule has 0 aromatic heterocycles. The minimum atomic E-state index is 0.347. The molecule has 0 radical (unpaired) electrons. The first kappa shape index (κ1) is 11.1. The second-order valence-electron chi connectivity index (χ2n) is 3.75. The summed E-state index contributed by atoms with van der Waals surface area (Å²) < 4.78 is 0. The Morgan fingerprint density at radius 1 is 1.43 bits per heavy atom. The highest BCUT2D eigenvalue weighted by atomic mass is 16.3. The van der Waals surface area contributed by atoms with Crippen molar-refractivity contribution < 1.29 is 5.11 Å². The molecule has 0 aliphatic carbocycles. The van der Waals surface area contributed by atoms with E-state index in [4.69, 9.17) is 0 Å². The van der Waals surface area contributed by atoms with Crippen molar-refractivity contribution in [2.24, 2.45) is 0 Å². The number of rotatable bonds is 4. The third-order valence-corrected chi connectivity index (χ3v) is 2.59. The van der Waals surface area contributed by atoms with Crippen molar-refractivity contribution in [2.45, 2.75) is 26.3 Å². The van der Waals surface area contributed by atoms with Crippen LogP contribution >= 0.6 is 0 Å². The van der Waals surface area contributed by atoms with Crippen LogP contribution < -0.4 is 0 Å². The first-order valence-corrected chi connectivity index (χ1v) is 5.14. The molecule has 78 valence electrons. The molecule has 0 aliphatic rings. The maximum Gasteiger partial charge on any atom is 0.115 e. The number of phenols is 1. The fourth-order valence-corrected chi connectivity index (χ4v) is 1.59. The van der Waals surface area contributed by atoms with E-state index in [-0.39, 0.29) is 0 Å². The lowest BCUT2D eigenvalue weighted by atomic mass is 10.1. The van der Waals surface area contributed by atoms with E-state index in [2.05, 4.69) is 31.9 Å². The largest absolute Gasteiger partial charge is 0.508 e. The topological polar surface area (TPSA) is 23.5 Å². The molecule has 1 aromatic rings. The van der Waals surface area contributed by atoms with Gasteiger partial charge in [-0.3, -0.25) is 4.90 Å². The zero-order valence-corrected chi connectivity index (χ0v) is 9.20. The van der Waals surface area contributed by atoms with Gasteiger partial charge in [-0.15, -0.1) is 0 Å². The molecule has 1 unspecified atom stereocenters. The highest BCUT2D eigenvalue weighted by Crippen LogP contribution is 2.22. The van der Waals surface area contributed by atoms with E-state index < -0.39 is 0 Å². The smallest absolute Gasteiger partial charge is 0.115 e. The number of nitrogens with zero attached hydrogens (tertiary/aromatic N) is 1. The minimum absolute atomic E-state index is 0.347. The molecular formula is C12H19NO. The summed E-state index contributed by atoms with van der Waals surface area (Å²) >= 11 is 0. The standard InChI is InChI=1S/C12H19NO/c1-4-8-13(3)10(2)11-6-5-7-12(14)9-11/h5-7,9-10,14H,4,8H2,1-3H3. The van der Waals surface area contributed by atoms with Crippen molar-refractivity contribution in [1.82, 2.24) is 4.90 Å². The summed E-state index contributed by atoms with van der Waals surface area (Å²) in [4.78, 5) is 2.29. The first-order chi connectivity index (χ1) is 6.65. The summed E-state index contributed by atoms with van der Waals surface area (Å²) in [7, 11) is 2.11. The van der Waals surface area contributed by atoms with Gasteiger partial charge in [-0.05, 0) is 44.6 Å². The zero-order valence-electron chi connectivity index (χ0n) is 9.20. The van der Waals surface area contributed by atoms with E-state index in [1.807, 2.05) is 12.1 Å². The van der Waals surface area contributed by atoms with Crippen molar-refractivity contribution in [3.63, 3.8) is 0 Å². The summed E-state index contributed by atoms with van der Waals surface area (Å²) in [6, 6.07) is 7.84. The Morgan fingerprint density at radius 2 is 2.14 bits per heavy atom. The number of aromatic hydroxyl groups is 1. The van der Waals surface area contributed by atoms with E-state index in [1.165, 1.54) is 5.56 Å². The van der Waals surface area contributed by atoms with Crippen LogP contribution in [0.2, 0.25) is 0 Å². The Hall–Kier alpha value is -1.02. The summed E-state index contributed by atoms with van der Waals surface area (Å²) in [6.45, 7) is 5.41. The van der Waals surface area contributed by atoms with Crippen molar-refractivity contribution in [3.05, 3.63) is 29.8 Å². The SMILES string of the molecule is CCCN(C)C(C)c1cccc(O)c1. The molecule has 1 N–H and O–H groups in total. The van der Waals surface area contributed by atoms with Gasteiger partial charge in [0.15, 0.2) is 0 Å². The molecule has 0 saturated heterocycles. The van der Waals surface area contributed by atoms with Gasteiger partial charge >= 0.3 is 0 Å². The summed E-state index contributed by atoms with van der Waals surface area (Å²) in [5.41, 5.74) is 1.17. The van der Waals surface area contributed by atoms with E-state index in [0.717, 1.165) is 13.0 Å².